The number of piperidine rings is 1. The number of sulfonamides is 1. The predicted molar refractivity (Wildman–Crippen MR) is 62.9 cm³/mol. The van der Waals surface area contributed by atoms with Crippen molar-refractivity contribution in [2.75, 3.05) is 20.1 Å². The SMILES string of the molecule is CN([C@@H]1CCCNC1)S(=O)(=O)c1cnccn1. The fraction of sp³-hybridized carbons (Fsp3) is 0.600. The first-order valence-corrected chi connectivity index (χ1v) is 7.01. The molecule has 1 atom stereocenters. The number of rotatable bonds is 3. The quantitative estimate of drug-likeness (QED) is 0.814. The molecular formula is C10H16N4O2S. The van der Waals surface area contributed by atoms with Gasteiger partial charge >= 0.3 is 0 Å². The number of hydrogen-bond acceptors (Lipinski definition) is 5. The molecule has 1 fully saturated rings. The Bertz CT molecular complexity index is 456. The van der Waals surface area contributed by atoms with E-state index in [9.17, 15) is 8.42 Å². The third kappa shape index (κ3) is 2.62. The average molecular weight is 256 g/mol. The minimum absolute atomic E-state index is 0.00393. The summed E-state index contributed by atoms with van der Waals surface area (Å²) in [6.07, 6.45) is 6.00. The van der Waals surface area contributed by atoms with E-state index >= 15 is 0 Å². The fourth-order valence-electron chi connectivity index (χ4n) is 1.91. The minimum atomic E-state index is -3.52. The lowest BCUT2D eigenvalue weighted by molar-refractivity contribution is 0.299. The lowest BCUT2D eigenvalue weighted by Crippen LogP contribution is -2.46. The molecule has 1 aliphatic heterocycles. The Balaban J connectivity index is 2.20. The van der Waals surface area contributed by atoms with Gasteiger partial charge in [0, 0.05) is 32.0 Å². The summed E-state index contributed by atoms with van der Waals surface area (Å²) in [5.74, 6) is 0. The molecule has 0 amide bonds. The Morgan fingerprint density at radius 2 is 2.29 bits per heavy atom. The van der Waals surface area contributed by atoms with E-state index in [-0.39, 0.29) is 11.1 Å². The second-order valence-electron chi connectivity index (χ2n) is 4.07. The summed E-state index contributed by atoms with van der Waals surface area (Å²) in [5.41, 5.74) is 0. The van der Waals surface area contributed by atoms with Gasteiger partial charge in [-0.25, -0.2) is 13.4 Å². The summed E-state index contributed by atoms with van der Waals surface area (Å²) >= 11 is 0. The minimum Gasteiger partial charge on any atom is -0.315 e. The Morgan fingerprint density at radius 1 is 1.47 bits per heavy atom. The van der Waals surface area contributed by atoms with Gasteiger partial charge in [0.1, 0.15) is 0 Å². The molecule has 0 radical (unpaired) electrons. The smallest absolute Gasteiger partial charge is 0.262 e. The average Bonchev–Trinajstić information content (AvgIpc) is 2.40. The highest BCUT2D eigenvalue weighted by Gasteiger charge is 2.29. The molecule has 0 unspecified atom stereocenters. The van der Waals surface area contributed by atoms with Crippen molar-refractivity contribution in [3.63, 3.8) is 0 Å². The van der Waals surface area contributed by atoms with Gasteiger partial charge in [0.15, 0.2) is 5.03 Å². The Labute approximate surface area is 101 Å². The van der Waals surface area contributed by atoms with E-state index in [2.05, 4.69) is 15.3 Å². The normalized spacial score (nSPS) is 21.6. The van der Waals surface area contributed by atoms with Crippen molar-refractivity contribution in [2.24, 2.45) is 0 Å². The molecule has 94 valence electrons. The van der Waals surface area contributed by atoms with Crippen LogP contribution in [0.2, 0.25) is 0 Å². The molecule has 1 N–H and O–H groups in total. The summed E-state index contributed by atoms with van der Waals surface area (Å²) in [6, 6.07) is -0.00393. The number of nitrogens with zero attached hydrogens (tertiary/aromatic N) is 3. The summed E-state index contributed by atoms with van der Waals surface area (Å²) in [4.78, 5) is 7.65. The van der Waals surface area contributed by atoms with Crippen molar-refractivity contribution < 1.29 is 8.42 Å². The summed E-state index contributed by atoms with van der Waals surface area (Å²) < 4.78 is 25.8. The third-order valence-corrected chi connectivity index (χ3v) is 4.76. The van der Waals surface area contributed by atoms with Crippen LogP contribution in [-0.2, 0) is 10.0 Å². The first-order chi connectivity index (χ1) is 8.12. The molecule has 6 nitrogen and oxygen atoms in total. The van der Waals surface area contributed by atoms with E-state index in [0.29, 0.717) is 6.54 Å². The second kappa shape index (κ2) is 5.07. The lowest BCUT2D eigenvalue weighted by atomic mass is 10.1. The second-order valence-corrected chi connectivity index (χ2v) is 6.01. The molecule has 1 aromatic heterocycles. The lowest BCUT2D eigenvalue weighted by Gasteiger charge is -2.30. The molecule has 0 spiro atoms. The molecule has 0 bridgehead atoms. The van der Waals surface area contributed by atoms with Crippen LogP contribution < -0.4 is 5.32 Å². The van der Waals surface area contributed by atoms with Crippen molar-refractivity contribution in [2.45, 2.75) is 23.9 Å². The zero-order chi connectivity index (χ0) is 12.3. The number of hydrogen-bond donors (Lipinski definition) is 1. The van der Waals surface area contributed by atoms with Crippen molar-refractivity contribution >= 4 is 10.0 Å². The highest BCUT2D eigenvalue weighted by molar-refractivity contribution is 7.89. The van der Waals surface area contributed by atoms with Crippen LogP contribution in [-0.4, -0.2) is 48.9 Å². The van der Waals surface area contributed by atoms with Gasteiger partial charge < -0.3 is 5.32 Å². The van der Waals surface area contributed by atoms with Crippen LogP contribution in [0, 0.1) is 0 Å². The maximum absolute atomic E-state index is 12.2. The summed E-state index contributed by atoms with van der Waals surface area (Å²) in [5, 5.41) is 3.20. The molecule has 2 rings (SSSR count). The monoisotopic (exact) mass is 256 g/mol. The molecule has 17 heavy (non-hydrogen) atoms. The zero-order valence-electron chi connectivity index (χ0n) is 9.70. The highest BCUT2D eigenvalue weighted by Crippen LogP contribution is 2.17. The molecular weight excluding hydrogens is 240 g/mol. The van der Waals surface area contributed by atoms with Gasteiger partial charge in [-0.2, -0.15) is 4.31 Å². The largest absolute Gasteiger partial charge is 0.315 e. The van der Waals surface area contributed by atoms with Crippen LogP contribution in [0.3, 0.4) is 0 Å². The van der Waals surface area contributed by atoms with E-state index < -0.39 is 10.0 Å². The highest BCUT2D eigenvalue weighted by atomic mass is 32.2. The molecule has 1 aromatic rings. The van der Waals surface area contributed by atoms with Crippen LogP contribution in [0.15, 0.2) is 23.6 Å². The Hall–Kier alpha value is -1.05. The van der Waals surface area contributed by atoms with Crippen molar-refractivity contribution in [3.05, 3.63) is 18.6 Å². The van der Waals surface area contributed by atoms with Crippen molar-refractivity contribution in [1.82, 2.24) is 19.6 Å². The van der Waals surface area contributed by atoms with Gasteiger partial charge in [-0.05, 0) is 19.4 Å². The maximum atomic E-state index is 12.2. The van der Waals surface area contributed by atoms with Crippen LogP contribution in [0.5, 0.6) is 0 Å². The first-order valence-electron chi connectivity index (χ1n) is 5.57. The third-order valence-electron chi connectivity index (χ3n) is 2.97. The standard InChI is InChI=1S/C10H16N4O2S/c1-14(9-3-2-4-11-7-9)17(15,16)10-8-12-5-6-13-10/h5-6,8-9,11H,2-4,7H2,1H3/t9-/m1/s1. The Morgan fingerprint density at radius 3 is 2.88 bits per heavy atom. The number of nitrogens with one attached hydrogen (secondary N) is 1. The fourth-order valence-corrected chi connectivity index (χ4v) is 3.16. The Kier molecular flexibility index (Phi) is 3.70. The molecule has 0 aromatic carbocycles. The van der Waals surface area contributed by atoms with Gasteiger partial charge in [0.05, 0.1) is 6.20 Å². The van der Waals surface area contributed by atoms with Gasteiger partial charge in [0.2, 0.25) is 0 Å². The first kappa shape index (κ1) is 12.4. The zero-order valence-corrected chi connectivity index (χ0v) is 10.5. The van der Waals surface area contributed by atoms with Gasteiger partial charge in [-0.15, -0.1) is 0 Å². The molecule has 1 aliphatic rings. The van der Waals surface area contributed by atoms with Crippen LogP contribution in [0.4, 0.5) is 0 Å². The maximum Gasteiger partial charge on any atom is 0.262 e. The van der Waals surface area contributed by atoms with Gasteiger partial charge in [-0.3, -0.25) is 4.98 Å². The van der Waals surface area contributed by atoms with E-state index in [1.165, 1.54) is 22.9 Å². The summed E-state index contributed by atoms with van der Waals surface area (Å²) in [7, 11) is -1.92. The van der Waals surface area contributed by atoms with Crippen LogP contribution in [0.1, 0.15) is 12.8 Å². The van der Waals surface area contributed by atoms with Crippen LogP contribution >= 0.6 is 0 Å². The van der Waals surface area contributed by atoms with Crippen molar-refractivity contribution in [1.29, 1.82) is 0 Å². The van der Waals surface area contributed by atoms with E-state index in [4.69, 9.17) is 0 Å². The van der Waals surface area contributed by atoms with Gasteiger partial charge in [0.25, 0.3) is 10.0 Å². The molecule has 1 saturated heterocycles. The van der Waals surface area contributed by atoms with Crippen molar-refractivity contribution in [3.8, 4) is 0 Å². The molecule has 0 aliphatic carbocycles. The topological polar surface area (TPSA) is 75.2 Å². The number of aromatic nitrogens is 2. The predicted octanol–water partition coefficient (Wildman–Crippen LogP) is -0.151. The molecule has 2 heterocycles. The van der Waals surface area contributed by atoms with E-state index in [1.54, 1.807) is 7.05 Å². The summed E-state index contributed by atoms with van der Waals surface area (Å²) in [6.45, 7) is 1.64. The van der Waals surface area contributed by atoms with E-state index in [0.717, 1.165) is 19.4 Å². The molecule has 7 heteroatoms. The molecule has 0 saturated carbocycles. The van der Waals surface area contributed by atoms with Crippen LogP contribution in [0.25, 0.3) is 0 Å². The van der Waals surface area contributed by atoms with Gasteiger partial charge in [-0.1, -0.05) is 0 Å². The number of likely N-dealkylation sites (N-methyl/N-ethyl adjacent to an activating group) is 1. The van der Waals surface area contributed by atoms with E-state index in [1.807, 2.05) is 0 Å².